The van der Waals surface area contributed by atoms with Gasteiger partial charge >= 0.3 is 0 Å². The van der Waals surface area contributed by atoms with Gasteiger partial charge in [0, 0.05) is 23.0 Å². The first-order chi connectivity index (χ1) is 14.7. The lowest BCUT2D eigenvalue weighted by Gasteiger charge is -2.28. The van der Waals surface area contributed by atoms with Crippen molar-refractivity contribution in [1.29, 1.82) is 0 Å². The molecule has 3 rings (SSSR count). The topological polar surface area (TPSA) is 74.1 Å². The molecule has 1 saturated heterocycles. The van der Waals surface area contributed by atoms with Crippen molar-refractivity contribution < 1.29 is 24.3 Å². The quantitative estimate of drug-likeness (QED) is 0.365. The number of ether oxygens (including phenoxy) is 1. The number of likely N-dealkylation sites (tertiary alicyclic amines) is 1. The average Bonchev–Trinajstić information content (AvgIpc) is 2.98. The van der Waals surface area contributed by atoms with E-state index in [4.69, 9.17) is 4.74 Å². The second-order valence-electron chi connectivity index (χ2n) is 8.02. The van der Waals surface area contributed by atoms with Crippen molar-refractivity contribution >= 4 is 33.4 Å². The number of Topliss-reactive ketones (excluding diaryl/α,β-unsaturated/α-hetero) is 1. The van der Waals surface area contributed by atoms with E-state index in [0.29, 0.717) is 17.9 Å². The Kier molecular flexibility index (Phi) is 7.18. The number of ketones is 1. The summed E-state index contributed by atoms with van der Waals surface area (Å²) in [6, 6.07) is 11.7. The minimum absolute atomic E-state index is 0.00451. The van der Waals surface area contributed by atoms with E-state index >= 15 is 0 Å². The molecule has 6 nitrogen and oxygen atoms in total. The van der Waals surface area contributed by atoms with Gasteiger partial charge < -0.3 is 19.6 Å². The summed E-state index contributed by atoms with van der Waals surface area (Å²) in [5.74, 6) is -1.10. The zero-order chi connectivity index (χ0) is 22.7. The maximum Gasteiger partial charge on any atom is 0.295 e. The van der Waals surface area contributed by atoms with Gasteiger partial charge in [0.25, 0.3) is 5.91 Å². The van der Waals surface area contributed by atoms with Crippen LogP contribution in [0.4, 0.5) is 0 Å². The Hall–Kier alpha value is -2.64. The van der Waals surface area contributed by atoms with Crippen molar-refractivity contribution in [3.8, 4) is 5.75 Å². The van der Waals surface area contributed by atoms with Gasteiger partial charge in [0.05, 0.1) is 33.8 Å². The zero-order valence-electron chi connectivity index (χ0n) is 18.2. The fraction of sp³-hybridized carbons (Fsp3) is 0.333. The van der Waals surface area contributed by atoms with Crippen LogP contribution >= 0.6 is 15.9 Å². The van der Waals surface area contributed by atoms with Gasteiger partial charge in [0.1, 0.15) is 5.75 Å². The number of methoxy groups -OCH3 is 1. The predicted octanol–water partition coefficient (Wildman–Crippen LogP) is 1.52. The largest absolute Gasteiger partial charge is 0.872 e. The van der Waals surface area contributed by atoms with Gasteiger partial charge in [-0.05, 0) is 47.9 Å². The van der Waals surface area contributed by atoms with Crippen molar-refractivity contribution in [3.05, 3.63) is 69.2 Å². The Morgan fingerprint density at radius 2 is 1.94 bits per heavy atom. The van der Waals surface area contributed by atoms with E-state index in [9.17, 15) is 14.7 Å². The molecule has 7 heteroatoms. The number of hydrogen-bond donors (Lipinski definition) is 1. The second kappa shape index (κ2) is 9.66. The molecule has 0 radical (unpaired) electrons. The number of carbonyl (C=O) groups is 2. The lowest BCUT2D eigenvalue weighted by atomic mass is 9.94. The fourth-order valence-corrected chi connectivity index (χ4v) is 4.32. The first-order valence-electron chi connectivity index (χ1n) is 10.2. The van der Waals surface area contributed by atoms with E-state index in [1.807, 2.05) is 45.3 Å². The number of hydrogen-bond acceptors (Lipinski definition) is 4. The Labute approximate surface area is 191 Å². The lowest BCUT2D eigenvalue weighted by Crippen LogP contribution is -3.05. The summed E-state index contributed by atoms with van der Waals surface area (Å²) in [6.45, 7) is 3.10. The summed E-state index contributed by atoms with van der Waals surface area (Å²) in [6.07, 6.45) is 0.731. The third-order valence-corrected chi connectivity index (χ3v) is 5.92. The molecule has 1 heterocycles. The van der Waals surface area contributed by atoms with Crippen LogP contribution in [0.25, 0.3) is 5.76 Å². The highest BCUT2D eigenvalue weighted by molar-refractivity contribution is 9.10. The van der Waals surface area contributed by atoms with Crippen LogP contribution in [0.3, 0.4) is 0 Å². The van der Waals surface area contributed by atoms with Crippen LogP contribution in [0.5, 0.6) is 5.75 Å². The molecule has 0 aliphatic carbocycles. The number of amides is 1. The van der Waals surface area contributed by atoms with E-state index in [-0.39, 0.29) is 5.57 Å². The molecule has 1 N–H and O–H groups in total. The van der Waals surface area contributed by atoms with Gasteiger partial charge in [0.15, 0.2) is 0 Å². The summed E-state index contributed by atoms with van der Waals surface area (Å²) in [5.41, 5.74) is 1.90. The first-order valence-corrected chi connectivity index (χ1v) is 11.0. The van der Waals surface area contributed by atoms with Crippen molar-refractivity contribution in [1.82, 2.24) is 4.90 Å². The summed E-state index contributed by atoms with van der Waals surface area (Å²) < 4.78 is 6.09. The number of rotatable bonds is 7. The number of benzene rings is 2. The molecule has 1 aliphatic rings. The van der Waals surface area contributed by atoms with Crippen LogP contribution in [0, 0.1) is 6.92 Å². The van der Waals surface area contributed by atoms with Gasteiger partial charge in [-0.25, -0.2) is 0 Å². The van der Waals surface area contributed by atoms with Crippen LogP contribution < -0.4 is 14.7 Å². The van der Waals surface area contributed by atoms with Crippen LogP contribution in [-0.4, -0.2) is 50.9 Å². The molecule has 1 atom stereocenters. The Morgan fingerprint density at radius 1 is 1.19 bits per heavy atom. The van der Waals surface area contributed by atoms with Crippen LogP contribution in [0.1, 0.15) is 29.2 Å². The average molecular weight is 487 g/mol. The zero-order valence-corrected chi connectivity index (χ0v) is 19.8. The summed E-state index contributed by atoms with van der Waals surface area (Å²) in [5, 5.41) is 13.5. The lowest BCUT2D eigenvalue weighted by molar-refractivity contribution is -0.858. The van der Waals surface area contributed by atoms with Crippen LogP contribution in [0.15, 0.2) is 52.5 Å². The molecule has 1 fully saturated rings. The third-order valence-electron chi connectivity index (χ3n) is 5.43. The molecular formula is C24H27BrN2O4. The molecule has 2 aromatic rings. The normalized spacial score (nSPS) is 18.1. The van der Waals surface area contributed by atoms with Gasteiger partial charge in [-0.15, -0.1) is 0 Å². The number of quaternary nitrogens is 1. The number of nitrogens with zero attached hydrogens (tertiary/aromatic N) is 1. The van der Waals surface area contributed by atoms with Gasteiger partial charge in [-0.3, -0.25) is 9.59 Å². The summed E-state index contributed by atoms with van der Waals surface area (Å²) >= 11 is 3.46. The van der Waals surface area contributed by atoms with E-state index in [0.717, 1.165) is 28.6 Å². The molecule has 0 saturated carbocycles. The molecular weight excluding hydrogens is 460 g/mol. The second-order valence-corrected chi connectivity index (χ2v) is 8.94. The van der Waals surface area contributed by atoms with E-state index in [2.05, 4.69) is 15.9 Å². The van der Waals surface area contributed by atoms with Crippen molar-refractivity contribution in [2.75, 3.05) is 34.3 Å². The van der Waals surface area contributed by atoms with Gasteiger partial charge in [-0.1, -0.05) is 39.9 Å². The molecule has 31 heavy (non-hydrogen) atoms. The standard InChI is InChI=1S/C24H27BrN2O4/c1-15-13-17(9-10-19(15)31-4)22(28)20-21(16-7-5-8-18(25)14-16)27(24(30)23(20)29)12-6-11-26(2)3/h5,7-10,13-14,21,28H,6,11-12H2,1-4H3/b22-20+. The smallest absolute Gasteiger partial charge is 0.295 e. The van der Waals surface area contributed by atoms with E-state index in [1.54, 1.807) is 25.3 Å². The molecule has 0 spiro atoms. The minimum Gasteiger partial charge on any atom is -0.872 e. The van der Waals surface area contributed by atoms with Gasteiger partial charge in [0.2, 0.25) is 5.78 Å². The maximum absolute atomic E-state index is 13.5. The molecule has 1 unspecified atom stereocenters. The highest BCUT2D eigenvalue weighted by Crippen LogP contribution is 2.39. The highest BCUT2D eigenvalue weighted by atomic mass is 79.9. The SMILES string of the molecule is COc1ccc(/C([O-])=C2\C(=O)C(=O)N(CCC[NH+](C)C)C2c2cccc(Br)c2)cc1C. The third kappa shape index (κ3) is 4.83. The van der Waals surface area contributed by atoms with Crippen molar-refractivity contribution in [2.24, 2.45) is 0 Å². The molecule has 1 aliphatic heterocycles. The van der Waals surface area contributed by atoms with E-state index in [1.165, 1.54) is 9.80 Å². The maximum atomic E-state index is 13.5. The number of carbonyl (C=O) groups excluding carboxylic acids is 2. The molecule has 2 aromatic carbocycles. The predicted molar refractivity (Wildman–Crippen MR) is 121 cm³/mol. The molecule has 0 aromatic heterocycles. The Morgan fingerprint density at radius 3 is 2.55 bits per heavy atom. The van der Waals surface area contributed by atoms with Crippen molar-refractivity contribution in [2.45, 2.75) is 19.4 Å². The molecule has 1 amide bonds. The first kappa shape index (κ1) is 23.0. The number of aryl methyl sites for hydroxylation is 1. The fourth-order valence-electron chi connectivity index (χ4n) is 3.90. The van der Waals surface area contributed by atoms with Crippen LogP contribution in [-0.2, 0) is 9.59 Å². The number of halogens is 1. The van der Waals surface area contributed by atoms with E-state index < -0.39 is 23.5 Å². The monoisotopic (exact) mass is 486 g/mol. The van der Waals surface area contributed by atoms with Gasteiger partial charge in [-0.2, -0.15) is 0 Å². The molecule has 0 bridgehead atoms. The number of nitrogens with one attached hydrogen (secondary N) is 1. The Balaban J connectivity index is 2.11. The summed E-state index contributed by atoms with van der Waals surface area (Å²) in [7, 11) is 5.64. The Bertz CT molecular complexity index is 1030. The minimum atomic E-state index is -0.722. The van der Waals surface area contributed by atoms with Crippen molar-refractivity contribution in [3.63, 3.8) is 0 Å². The van der Waals surface area contributed by atoms with Crippen LogP contribution in [0.2, 0.25) is 0 Å². The molecule has 164 valence electrons. The highest BCUT2D eigenvalue weighted by Gasteiger charge is 2.44. The summed E-state index contributed by atoms with van der Waals surface area (Å²) in [4.78, 5) is 28.7.